The second-order valence-electron chi connectivity index (χ2n) is 5.29. The Balaban J connectivity index is 1.69. The Bertz CT molecular complexity index is 399. The quantitative estimate of drug-likeness (QED) is 0.753. The smallest absolute Gasteiger partial charge is 0.185 e. The van der Waals surface area contributed by atoms with Gasteiger partial charge in [0.25, 0.3) is 0 Å². The summed E-state index contributed by atoms with van der Waals surface area (Å²) in [6.45, 7) is 2.05. The summed E-state index contributed by atoms with van der Waals surface area (Å²) < 4.78 is 5.47. The molecule has 0 N–H and O–H groups in total. The molecular formula is C14H19NO2. The van der Waals surface area contributed by atoms with E-state index in [2.05, 4.69) is 4.90 Å². The molecule has 2 fully saturated rings. The van der Waals surface area contributed by atoms with Gasteiger partial charge in [-0.3, -0.25) is 9.69 Å². The van der Waals surface area contributed by atoms with Gasteiger partial charge < -0.3 is 4.42 Å². The van der Waals surface area contributed by atoms with Crippen LogP contribution in [0.1, 0.15) is 48.4 Å². The topological polar surface area (TPSA) is 33.5 Å². The number of furan rings is 1. The summed E-state index contributed by atoms with van der Waals surface area (Å²) >= 11 is 0. The molecule has 3 rings (SSSR count). The van der Waals surface area contributed by atoms with Gasteiger partial charge in [-0.1, -0.05) is 6.42 Å². The number of aldehydes is 1. The molecule has 0 aromatic carbocycles. The fourth-order valence-corrected chi connectivity index (χ4v) is 3.50. The van der Waals surface area contributed by atoms with Crippen molar-refractivity contribution in [2.75, 3.05) is 6.54 Å². The fraction of sp³-hybridized carbons (Fsp3) is 0.643. The average Bonchev–Trinajstić information content (AvgIpc) is 2.97. The predicted molar refractivity (Wildman–Crippen MR) is 64.9 cm³/mol. The van der Waals surface area contributed by atoms with E-state index >= 15 is 0 Å². The minimum atomic E-state index is 0.444. The SMILES string of the molecule is O=Cc1ccc(CN2CCCC3CCCC32)o1. The number of likely N-dealkylation sites (tertiary alicyclic amines) is 1. The first-order valence-corrected chi connectivity index (χ1v) is 6.65. The van der Waals surface area contributed by atoms with E-state index in [1.165, 1.54) is 38.6 Å². The number of hydrogen-bond donors (Lipinski definition) is 0. The van der Waals surface area contributed by atoms with Gasteiger partial charge in [0.15, 0.2) is 12.0 Å². The highest BCUT2D eigenvalue weighted by atomic mass is 16.3. The second kappa shape index (κ2) is 4.65. The number of carbonyl (C=O) groups is 1. The molecular weight excluding hydrogens is 214 g/mol. The van der Waals surface area contributed by atoms with E-state index < -0.39 is 0 Å². The first-order chi connectivity index (χ1) is 8.36. The molecule has 1 aliphatic heterocycles. The lowest BCUT2D eigenvalue weighted by molar-refractivity contribution is 0.0961. The highest BCUT2D eigenvalue weighted by Gasteiger charge is 2.34. The molecule has 0 spiro atoms. The lowest BCUT2D eigenvalue weighted by atomic mass is 9.92. The van der Waals surface area contributed by atoms with E-state index in [0.29, 0.717) is 5.76 Å². The van der Waals surface area contributed by atoms with Gasteiger partial charge >= 0.3 is 0 Å². The summed E-state index contributed by atoms with van der Waals surface area (Å²) in [7, 11) is 0. The zero-order valence-electron chi connectivity index (χ0n) is 10.1. The predicted octanol–water partition coefficient (Wildman–Crippen LogP) is 2.86. The van der Waals surface area contributed by atoms with Crippen LogP contribution in [0.15, 0.2) is 16.5 Å². The third-order valence-corrected chi connectivity index (χ3v) is 4.27. The minimum absolute atomic E-state index is 0.444. The maximum Gasteiger partial charge on any atom is 0.185 e. The molecule has 2 aliphatic rings. The highest BCUT2D eigenvalue weighted by Crippen LogP contribution is 2.37. The first-order valence-electron chi connectivity index (χ1n) is 6.65. The summed E-state index contributed by atoms with van der Waals surface area (Å²) in [6.07, 6.45) is 7.60. The third-order valence-electron chi connectivity index (χ3n) is 4.27. The molecule has 3 heteroatoms. The van der Waals surface area contributed by atoms with Crippen LogP contribution in [0.2, 0.25) is 0 Å². The van der Waals surface area contributed by atoms with Crippen molar-refractivity contribution in [1.82, 2.24) is 4.90 Å². The molecule has 17 heavy (non-hydrogen) atoms. The molecule has 3 nitrogen and oxygen atoms in total. The van der Waals surface area contributed by atoms with Gasteiger partial charge in [-0.05, 0) is 50.3 Å². The van der Waals surface area contributed by atoms with Crippen LogP contribution < -0.4 is 0 Å². The van der Waals surface area contributed by atoms with Crippen molar-refractivity contribution in [3.63, 3.8) is 0 Å². The molecule has 1 aliphatic carbocycles. The number of hydrogen-bond acceptors (Lipinski definition) is 3. The summed E-state index contributed by atoms with van der Waals surface area (Å²) in [5.74, 6) is 2.28. The van der Waals surface area contributed by atoms with Gasteiger partial charge in [0, 0.05) is 6.04 Å². The number of rotatable bonds is 3. The van der Waals surface area contributed by atoms with Crippen molar-refractivity contribution in [1.29, 1.82) is 0 Å². The summed E-state index contributed by atoms with van der Waals surface area (Å²) in [5.41, 5.74) is 0. The van der Waals surface area contributed by atoms with Gasteiger partial charge in [-0.25, -0.2) is 0 Å². The van der Waals surface area contributed by atoms with Crippen molar-refractivity contribution in [2.24, 2.45) is 5.92 Å². The van der Waals surface area contributed by atoms with Crippen LogP contribution in [0.3, 0.4) is 0 Å². The zero-order chi connectivity index (χ0) is 11.7. The molecule has 92 valence electrons. The summed E-state index contributed by atoms with van der Waals surface area (Å²) in [6, 6.07) is 4.45. The lowest BCUT2D eigenvalue weighted by Crippen LogP contribution is -2.41. The van der Waals surface area contributed by atoms with Crippen LogP contribution in [0, 0.1) is 5.92 Å². The molecule has 1 aromatic rings. The Hall–Kier alpha value is -1.09. The van der Waals surface area contributed by atoms with Gasteiger partial charge in [0.2, 0.25) is 0 Å². The Kier molecular flexibility index (Phi) is 3.02. The number of fused-ring (bicyclic) bond motifs is 1. The van der Waals surface area contributed by atoms with Crippen LogP contribution in [0.25, 0.3) is 0 Å². The normalized spacial score (nSPS) is 29.2. The van der Waals surface area contributed by atoms with E-state index in [9.17, 15) is 4.79 Å². The molecule has 0 radical (unpaired) electrons. The monoisotopic (exact) mass is 233 g/mol. The number of piperidine rings is 1. The van der Waals surface area contributed by atoms with Crippen LogP contribution in [0.5, 0.6) is 0 Å². The van der Waals surface area contributed by atoms with Crippen LogP contribution >= 0.6 is 0 Å². The van der Waals surface area contributed by atoms with Crippen molar-refractivity contribution >= 4 is 6.29 Å². The fourth-order valence-electron chi connectivity index (χ4n) is 3.50. The molecule has 2 atom stereocenters. The Morgan fingerprint density at radius 2 is 2.18 bits per heavy atom. The number of nitrogens with zero attached hydrogens (tertiary/aromatic N) is 1. The standard InChI is InChI=1S/C14H19NO2/c16-10-13-7-6-12(17-13)9-15-8-2-4-11-3-1-5-14(11)15/h6-7,10-11,14H,1-5,8-9H2. The third kappa shape index (κ3) is 2.16. The second-order valence-corrected chi connectivity index (χ2v) is 5.29. The highest BCUT2D eigenvalue weighted by molar-refractivity contribution is 5.70. The van der Waals surface area contributed by atoms with E-state index in [-0.39, 0.29) is 0 Å². The molecule has 1 saturated heterocycles. The first kappa shape index (κ1) is 11.0. The van der Waals surface area contributed by atoms with Crippen molar-refractivity contribution in [3.8, 4) is 0 Å². The Labute approximate surface area is 102 Å². The lowest BCUT2D eigenvalue weighted by Gasteiger charge is -2.37. The maximum atomic E-state index is 10.6. The zero-order valence-corrected chi connectivity index (χ0v) is 10.1. The van der Waals surface area contributed by atoms with Crippen molar-refractivity contribution in [2.45, 2.75) is 44.7 Å². The molecule has 1 aromatic heterocycles. The summed E-state index contributed by atoms with van der Waals surface area (Å²) in [4.78, 5) is 13.1. The van der Waals surface area contributed by atoms with Crippen LogP contribution in [-0.4, -0.2) is 23.8 Å². The minimum Gasteiger partial charge on any atom is -0.457 e. The van der Waals surface area contributed by atoms with Gasteiger partial charge in [0.05, 0.1) is 6.54 Å². The van der Waals surface area contributed by atoms with Crippen molar-refractivity contribution in [3.05, 3.63) is 23.7 Å². The summed E-state index contributed by atoms with van der Waals surface area (Å²) in [5, 5.41) is 0. The average molecular weight is 233 g/mol. The largest absolute Gasteiger partial charge is 0.457 e. The molecule has 2 heterocycles. The van der Waals surface area contributed by atoms with E-state index in [4.69, 9.17) is 4.42 Å². The van der Waals surface area contributed by atoms with E-state index in [1.54, 1.807) is 6.07 Å². The van der Waals surface area contributed by atoms with Crippen molar-refractivity contribution < 1.29 is 9.21 Å². The molecule has 2 unspecified atom stereocenters. The number of carbonyl (C=O) groups excluding carboxylic acids is 1. The Morgan fingerprint density at radius 3 is 3.00 bits per heavy atom. The van der Waals surface area contributed by atoms with Crippen LogP contribution in [0.4, 0.5) is 0 Å². The van der Waals surface area contributed by atoms with Gasteiger partial charge in [0.1, 0.15) is 5.76 Å². The molecule has 0 amide bonds. The Morgan fingerprint density at radius 1 is 1.29 bits per heavy atom. The van der Waals surface area contributed by atoms with Crippen LogP contribution in [-0.2, 0) is 6.54 Å². The molecule has 1 saturated carbocycles. The molecule has 0 bridgehead atoms. The van der Waals surface area contributed by atoms with E-state index in [1.807, 2.05) is 6.07 Å². The van der Waals surface area contributed by atoms with Gasteiger partial charge in [-0.2, -0.15) is 0 Å². The van der Waals surface area contributed by atoms with E-state index in [0.717, 1.165) is 30.6 Å². The maximum absolute atomic E-state index is 10.6. The van der Waals surface area contributed by atoms with Gasteiger partial charge in [-0.15, -0.1) is 0 Å².